The van der Waals surface area contributed by atoms with Crippen molar-refractivity contribution < 1.29 is 13.2 Å². The molecule has 0 atom stereocenters. The van der Waals surface area contributed by atoms with Crippen LogP contribution in [0.2, 0.25) is 0 Å². The first-order valence-electron chi connectivity index (χ1n) is 2.86. The smallest absolute Gasteiger partial charge is 0.269 e. The lowest BCUT2D eigenvalue weighted by atomic mass is 10.5. The van der Waals surface area contributed by atoms with Gasteiger partial charge in [-0.3, -0.25) is 4.79 Å². The van der Waals surface area contributed by atoms with Crippen LogP contribution in [0.15, 0.2) is 27.6 Å². The first-order chi connectivity index (χ1) is 5.41. The lowest BCUT2D eigenvalue weighted by molar-refractivity contribution is -0.206. The van der Waals surface area contributed by atoms with Gasteiger partial charge in [0.1, 0.15) is 0 Å². The highest BCUT2D eigenvalue weighted by molar-refractivity contribution is 9.10. The first kappa shape index (κ1) is 9.31. The maximum atomic E-state index is 12.0. The van der Waals surface area contributed by atoms with E-state index in [2.05, 4.69) is 15.9 Å². The second-order valence-corrected chi connectivity index (χ2v) is 2.94. The van der Waals surface area contributed by atoms with E-state index >= 15 is 0 Å². The molecule has 1 aromatic heterocycles. The average Bonchev–Trinajstić information content (AvgIpc) is 1.92. The van der Waals surface area contributed by atoms with Crippen molar-refractivity contribution in [3.05, 3.63) is 33.2 Å². The summed E-state index contributed by atoms with van der Waals surface area (Å²) in [5.41, 5.74) is -1.09. The molecule has 1 heterocycles. The molecule has 0 aliphatic heterocycles. The molecule has 1 rings (SSSR count). The Morgan fingerprint density at radius 2 is 1.92 bits per heavy atom. The van der Waals surface area contributed by atoms with Crippen LogP contribution in [0.1, 0.15) is 0 Å². The maximum absolute atomic E-state index is 12.0. The van der Waals surface area contributed by atoms with Crippen molar-refractivity contribution in [2.45, 2.75) is 6.30 Å². The monoisotopic (exact) mass is 241 g/mol. The molecule has 0 saturated carbocycles. The summed E-state index contributed by atoms with van der Waals surface area (Å²) in [6.07, 6.45) is -3.97. The van der Waals surface area contributed by atoms with Gasteiger partial charge in [0.2, 0.25) is 0 Å². The minimum Gasteiger partial charge on any atom is -0.269 e. The topological polar surface area (TPSA) is 22.0 Å². The van der Waals surface area contributed by atoms with Gasteiger partial charge in [-0.25, -0.2) is 4.57 Å². The minimum absolute atomic E-state index is 0.208. The largest absolute Gasteiger partial charge is 0.491 e. The van der Waals surface area contributed by atoms with Crippen LogP contribution in [0.25, 0.3) is 0 Å². The molecule has 0 aliphatic rings. The van der Waals surface area contributed by atoms with Crippen molar-refractivity contribution in [1.29, 1.82) is 0 Å². The van der Waals surface area contributed by atoms with Gasteiger partial charge in [0.25, 0.3) is 5.56 Å². The SMILES string of the molecule is O=c1ccc(Br)cn1C(F)(F)F. The van der Waals surface area contributed by atoms with Crippen LogP contribution in [0.3, 0.4) is 0 Å². The predicted molar refractivity (Wildman–Crippen MR) is 39.7 cm³/mol. The molecular formula is C6H3BrF3NO. The fraction of sp³-hybridized carbons (Fsp3) is 0.167. The Bertz CT molecular complexity index is 343. The van der Waals surface area contributed by atoms with Crippen LogP contribution in [0.4, 0.5) is 13.2 Å². The molecule has 0 bridgehead atoms. The van der Waals surface area contributed by atoms with Crippen LogP contribution in [-0.2, 0) is 6.30 Å². The molecule has 0 aliphatic carbocycles. The molecule has 0 fully saturated rings. The molecule has 0 aromatic carbocycles. The third kappa shape index (κ3) is 1.88. The fourth-order valence-corrected chi connectivity index (χ4v) is 0.996. The van der Waals surface area contributed by atoms with E-state index in [1.165, 1.54) is 6.07 Å². The molecule has 12 heavy (non-hydrogen) atoms. The molecule has 0 saturated heterocycles. The van der Waals surface area contributed by atoms with E-state index in [0.717, 1.165) is 6.07 Å². The summed E-state index contributed by atoms with van der Waals surface area (Å²) in [7, 11) is 0. The van der Waals surface area contributed by atoms with Crippen molar-refractivity contribution >= 4 is 15.9 Å². The Hall–Kier alpha value is -0.780. The van der Waals surface area contributed by atoms with Crippen molar-refractivity contribution in [2.24, 2.45) is 0 Å². The lowest BCUT2D eigenvalue weighted by Gasteiger charge is -2.08. The molecular weight excluding hydrogens is 239 g/mol. The van der Waals surface area contributed by atoms with Gasteiger partial charge >= 0.3 is 6.30 Å². The summed E-state index contributed by atoms with van der Waals surface area (Å²) in [5, 5.41) is 0. The zero-order valence-electron chi connectivity index (χ0n) is 5.60. The normalized spacial score (nSPS) is 11.7. The average molecular weight is 242 g/mol. The molecule has 1 aromatic rings. The van der Waals surface area contributed by atoms with Gasteiger partial charge in [0, 0.05) is 16.7 Å². The number of aromatic nitrogens is 1. The van der Waals surface area contributed by atoms with E-state index in [9.17, 15) is 18.0 Å². The van der Waals surface area contributed by atoms with Crippen LogP contribution in [0.5, 0.6) is 0 Å². The van der Waals surface area contributed by atoms with E-state index in [1.807, 2.05) is 0 Å². The third-order valence-corrected chi connectivity index (χ3v) is 1.62. The number of alkyl halides is 3. The molecule has 0 radical (unpaired) electrons. The quantitative estimate of drug-likeness (QED) is 0.682. The van der Waals surface area contributed by atoms with Crippen LogP contribution in [-0.4, -0.2) is 4.57 Å². The van der Waals surface area contributed by atoms with E-state index in [4.69, 9.17) is 0 Å². The number of pyridine rings is 1. The van der Waals surface area contributed by atoms with Gasteiger partial charge in [0.05, 0.1) is 0 Å². The zero-order valence-corrected chi connectivity index (χ0v) is 7.19. The summed E-state index contributed by atoms with van der Waals surface area (Å²) >= 11 is 2.83. The first-order valence-corrected chi connectivity index (χ1v) is 3.66. The maximum Gasteiger partial charge on any atom is 0.491 e. The van der Waals surface area contributed by atoms with E-state index in [-0.39, 0.29) is 9.04 Å². The second-order valence-electron chi connectivity index (χ2n) is 2.02. The highest BCUT2D eigenvalue weighted by Crippen LogP contribution is 2.20. The molecule has 66 valence electrons. The predicted octanol–water partition coefficient (Wildman–Crippen LogP) is 2.09. The summed E-state index contributed by atoms with van der Waals surface area (Å²) in [6, 6.07) is 2.10. The number of hydrogen-bond acceptors (Lipinski definition) is 1. The number of rotatable bonds is 0. The fourth-order valence-electron chi connectivity index (χ4n) is 0.659. The third-order valence-electron chi connectivity index (χ3n) is 1.15. The zero-order chi connectivity index (χ0) is 9.35. The molecule has 6 heteroatoms. The Labute approximate surface area is 73.8 Å². The standard InChI is InChI=1S/C6H3BrF3NO/c7-4-1-2-5(12)11(3-4)6(8,9)10/h1-3H. The number of hydrogen-bond donors (Lipinski definition) is 0. The summed E-state index contributed by atoms with van der Waals surface area (Å²) < 4.78 is 35.8. The Morgan fingerprint density at radius 1 is 1.33 bits per heavy atom. The van der Waals surface area contributed by atoms with Gasteiger partial charge in [-0.05, 0) is 22.0 Å². The Kier molecular flexibility index (Phi) is 2.27. The van der Waals surface area contributed by atoms with Gasteiger partial charge < -0.3 is 0 Å². The van der Waals surface area contributed by atoms with Crippen LogP contribution >= 0.6 is 15.9 Å². The van der Waals surface area contributed by atoms with Gasteiger partial charge in [-0.1, -0.05) is 0 Å². The Balaban J connectivity index is 3.33. The molecule has 0 N–H and O–H groups in total. The van der Waals surface area contributed by atoms with Crippen molar-refractivity contribution in [3.8, 4) is 0 Å². The van der Waals surface area contributed by atoms with Gasteiger partial charge in [-0.2, -0.15) is 0 Å². The van der Waals surface area contributed by atoms with Crippen molar-refractivity contribution in [2.75, 3.05) is 0 Å². The summed E-state index contributed by atoms with van der Waals surface area (Å²) in [5.74, 6) is 0. The Morgan fingerprint density at radius 3 is 2.33 bits per heavy atom. The number of halogens is 4. The number of nitrogens with zero attached hydrogens (tertiary/aromatic N) is 1. The molecule has 0 amide bonds. The van der Waals surface area contributed by atoms with Crippen LogP contribution < -0.4 is 5.56 Å². The lowest BCUT2D eigenvalue weighted by Crippen LogP contribution is -2.29. The van der Waals surface area contributed by atoms with Gasteiger partial charge in [-0.15, -0.1) is 13.2 Å². The highest BCUT2D eigenvalue weighted by atomic mass is 79.9. The van der Waals surface area contributed by atoms with E-state index < -0.39 is 11.9 Å². The summed E-state index contributed by atoms with van der Waals surface area (Å²) in [4.78, 5) is 10.6. The molecule has 0 spiro atoms. The van der Waals surface area contributed by atoms with Crippen molar-refractivity contribution in [1.82, 2.24) is 4.57 Å². The summed E-state index contributed by atoms with van der Waals surface area (Å²) in [6.45, 7) is 0. The van der Waals surface area contributed by atoms with E-state index in [0.29, 0.717) is 6.20 Å². The molecule has 0 unspecified atom stereocenters. The second kappa shape index (κ2) is 2.93. The van der Waals surface area contributed by atoms with Gasteiger partial charge in [0.15, 0.2) is 0 Å². The van der Waals surface area contributed by atoms with E-state index in [1.54, 1.807) is 0 Å². The van der Waals surface area contributed by atoms with Crippen molar-refractivity contribution in [3.63, 3.8) is 0 Å². The highest BCUT2D eigenvalue weighted by Gasteiger charge is 2.31. The minimum atomic E-state index is -4.65. The van der Waals surface area contributed by atoms with Crippen LogP contribution in [0, 0.1) is 0 Å². The molecule has 2 nitrogen and oxygen atoms in total.